The second-order valence-electron chi connectivity index (χ2n) is 6.55. The lowest BCUT2D eigenvalue weighted by molar-refractivity contribution is -0.114. The Morgan fingerprint density at radius 3 is 2.80 bits per heavy atom. The molecule has 0 spiro atoms. The molecule has 9 heteroatoms. The first-order valence-corrected chi connectivity index (χ1v) is 11.3. The zero-order valence-corrected chi connectivity index (χ0v) is 18.6. The van der Waals surface area contributed by atoms with E-state index >= 15 is 0 Å². The maximum atomic E-state index is 13.4. The molecule has 1 amide bonds. The third-order valence-corrected chi connectivity index (χ3v) is 6.60. The van der Waals surface area contributed by atoms with E-state index in [1.165, 1.54) is 30.0 Å². The van der Waals surface area contributed by atoms with Gasteiger partial charge in [0.1, 0.15) is 0 Å². The summed E-state index contributed by atoms with van der Waals surface area (Å²) in [7, 11) is 0. The van der Waals surface area contributed by atoms with Crippen LogP contribution in [0, 0.1) is 6.92 Å². The number of amides is 1. The standard InChI is InChI=1S/C21H17ClN4O2S2/c1-12-16(22)7-5-9-18(12)26-19(28)15-6-3-4-8-17(15)25-21(26)30-11-14-10-29-20(24-14)23-13(2)27/h3-10H,11H2,1-2H3,(H,23,24,27). The number of nitrogens with zero attached hydrogens (tertiary/aromatic N) is 3. The summed E-state index contributed by atoms with van der Waals surface area (Å²) in [6.45, 7) is 3.33. The van der Waals surface area contributed by atoms with Crippen molar-refractivity contribution in [1.29, 1.82) is 0 Å². The van der Waals surface area contributed by atoms with Gasteiger partial charge in [0.2, 0.25) is 5.91 Å². The fourth-order valence-electron chi connectivity index (χ4n) is 2.98. The van der Waals surface area contributed by atoms with Crippen LogP contribution in [0.1, 0.15) is 18.2 Å². The number of thiazole rings is 1. The molecule has 2 aromatic heterocycles. The smallest absolute Gasteiger partial charge is 0.266 e. The maximum absolute atomic E-state index is 13.4. The minimum Gasteiger partial charge on any atom is -0.302 e. The van der Waals surface area contributed by atoms with Gasteiger partial charge in [-0.05, 0) is 36.8 Å². The van der Waals surface area contributed by atoms with Gasteiger partial charge < -0.3 is 5.32 Å². The highest BCUT2D eigenvalue weighted by Gasteiger charge is 2.16. The first-order chi connectivity index (χ1) is 14.4. The van der Waals surface area contributed by atoms with E-state index in [0.29, 0.717) is 37.7 Å². The predicted molar refractivity (Wildman–Crippen MR) is 123 cm³/mol. The van der Waals surface area contributed by atoms with Gasteiger partial charge in [-0.2, -0.15) is 0 Å². The van der Waals surface area contributed by atoms with Crippen LogP contribution in [0.3, 0.4) is 0 Å². The molecule has 0 aliphatic heterocycles. The van der Waals surface area contributed by atoms with Crippen LogP contribution >= 0.6 is 34.7 Å². The molecule has 0 fully saturated rings. The number of nitrogens with one attached hydrogen (secondary N) is 1. The number of carbonyl (C=O) groups excluding carboxylic acids is 1. The molecular weight excluding hydrogens is 440 g/mol. The topological polar surface area (TPSA) is 76.9 Å². The molecule has 4 rings (SSSR count). The molecule has 2 aromatic carbocycles. The van der Waals surface area contributed by atoms with Crippen LogP contribution in [0.25, 0.3) is 16.6 Å². The van der Waals surface area contributed by atoms with Crippen LogP contribution in [0.4, 0.5) is 5.13 Å². The number of benzene rings is 2. The molecule has 0 atom stereocenters. The van der Waals surface area contributed by atoms with Gasteiger partial charge in [0.05, 0.1) is 22.3 Å². The fraction of sp³-hybridized carbons (Fsp3) is 0.143. The minimum absolute atomic E-state index is 0.148. The highest BCUT2D eigenvalue weighted by atomic mass is 35.5. The van der Waals surface area contributed by atoms with Crippen molar-refractivity contribution in [1.82, 2.24) is 14.5 Å². The molecule has 6 nitrogen and oxygen atoms in total. The lowest BCUT2D eigenvalue weighted by atomic mass is 10.2. The van der Waals surface area contributed by atoms with Crippen LogP contribution in [0.2, 0.25) is 5.02 Å². The lowest BCUT2D eigenvalue weighted by Gasteiger charge is -2.15. The molecule has 0 bridgehead atoms. The number of fused-ring (bicyclic) bond motifs is 1. The molecule has 0 radical (unpaired) electrons. The summed E-state index contributed by atoms with van der Waals surface area (Å²) in [5.74, 6) is 0.338. The Morgan fingerprint density at radius 2 is 2.00 bits per heavy atom. The first kappa shape index (κ1) is 20.6. The van der Waals surface area contributed by atoms with Gasteiger partial charge in [0.25, 0.3) is 5.56 Å². The van der Waals surface area contributed by atoms with E-state index < -0.39 is 0 Å². The van der Waals surface area contributed by atoms with Crippen molar-refractivity contribution >= 4 is 56.6 Å². The van der Waals surface area contributed by atoms with E-state index in [9.17, 15) is 9.59 Å². The number of anilines is 1. The van der Waals surface area contributed by atoms with E-state index in [4.69, 9.17) is 16.6 Å². The van der Waals surface area contributed by atoms with Crippen molar-refractivity contribution in [2.75, 3.05) is 5.32 Å². The van der Waals surface area contributed by atoms with Crippen LogP contribution in [0.15, 0.2) is 57.8 Å². The van der Waals surface area contributed by atoms with Crippen molar-refractivity contribution in [3.8, 4) is 5.69 Å². The van der Waals surface area contributed by atoms with Gasteiger partial charge in [-0.15, -0.1) is 11.3 Å². The van der Waals surface area contributed by atoms with E-state index in [1.807, 2.05) is 42.6 Å². The molecule has 2 heterocycles. The van der Waals surface area contributed by atoms with Crippen molar-refractivity contribution in [2.45, 2.75) is 24.8 Å². The molecule has 0 unspecified atom stereocenters. The second kappa shape index (κ2) is 8.59. The zero-order valence-electron chi connectivity index (χ0n) is 16.2. The molecule has 0 saturated heterocycles. The Balaban J connectivity index is 1.78. The van der Waals surface area contributed by atoms with Crippen molar-refractivity contribution in [2.24, 2.45) is 0 Å². The molecule has 152 valence electrons. The Labute approximate surface area is 185 Å². The molecule has 1 N–H and O–H groups in total. The summed E-state index contributed by atoms with van der Waals surface area (Å²) in [6.07, 6.45) is 0. The molecule has 0 aliphatic rings. The normalized spacial score (nSPS) is 11.0. The van der Waals surface area contributed by atoms with Crippen molar-refractivity contribution in [3.63, 3.8) is 0 Å². The minimum atomic E-state index is -0.162. The number of hydrogen-bond donors (Lipinski definition) is 1. The molecule has 4 aromatic rings. The van der Waals surface area contributed by atoms with Gasteiger partial charge in [-0.1, -0.05) is 41.6 Å². The highest BCUT2D eigenvalue weighted by Crippen LogP contribution is 2.29. The monoisotopic (exact) mass is 456 g/mol. The van der Waals surface area contributed by atoms with E-state index in [-0.39, 0.29) is 11.5 Å². The Morgan fingerprint density at radius 1 is 1.20 bits per heavy atom. The third-order valence-electron chi connectivity index (χ3n) is 4.41. The average Bonchev–Trinajstić information content (AvgIpc) is 3.16. The van der Waals surface area contributed by atoms with Gasteiger partial charge in [-0.3, -0.25) is 14.2 Å². The summed E-state index contributed by atoms with van der Waals surface area (Å²) in [5, 5.41) is 6.80. The van der Waals surface area contributed by atoms with Gasteiger partial charge in [-0.25, -0.2) is 9.97 Å². The predicted octanol–water partition coefficient (Wildman–Crippen LogP) is 5.05. The SMILES string of the molecule is CC(=O)Nc1nc(CSc2nc3ccccc3c(=O)n2-c2cccc(Cl)c2C)cs1. The van der Waals surface area contributed by atoms with Crippen LogP contribution < -0.4 is 10.9 Å². The van der Waals surface area contributed by atoms with Gasteiger partial charge >= 0.3 is 0 Å². The van der Waals surface area contributed by atoms with E-state index in [0.717, 1.165) is 11.3 Å². The van der Waals surface area contributed by atoms with Gasteiger partial charge in [0.15, 0.2) is 10.3 Å². The van der Waals surface area contributed by atoms with Crippen molar-refractivity contribution in [3.05, 3.63) is 74.5 Å². The summed E-state index contributed by atoms with van der Waals surface area (Å²) in [4.78, 5) is 33.7. The zero-order chi connectivity index (χ0) is 21.3. The Bertz CT molecular complexity index is 1320. The maximum Gasteiger partial charge on any atom is 0.266 e. The Kier molecular flexibility index (Phi) is 5.90. The Hall–Kier alpha value is -2.68. The van der Waals surface area contributed by atoms with Crippen LogP contribution in [-0.2, 0) is 10.5 Å². The lowest BCUT2D eigenvalue weighted by Crippen LogP contribution is -2.22. The average molecular weight is 457 g/mol. The number of aromatic nitrogens is 3. The quantitative estimate of drug-likeness (QED) is 0.335. The number of carbonyl (C=O) groups is 1. The van der Waals surface area contributed by atoms with E-state index in [2.05, 4.69) is 10.3 Å². The largest absolute Gasteiger partial charge is 0.302 e. The number of para-hydroxylation sites is 1. The highest BCUT2D eigenvalue weighted by molar-refractivity contribution is 7.98. The van der Waals surface area contributed by atoms with Crippen LogP contribution in [-0.4, -0.2) is 20.4 Å². The molecular formula is C21H17ClN4O2S2. The summed E-state index contributed by atoms with van der Waals surface area (Å²) in [5.41, 5.74) is 2.79. The van der Waals surface area contributed by atoms with Gasteiger partial charge in [0, 0.05) is 23.1 Å². The third kappa shape index (κ3) is 4.12. The number of halogens is 1. The number of thioether (sulfide) groups is 1. The first-order valence-electron chi connectivity index (χ1n) is 9.06. The fourth-order valence-corrected chi connectivity index (χ4v) is 4.91. The van der Waals surface area contributed by atoms with E-state index in [1.54, 1.807) is 16.7 Å². The molecule has 0 saturated carbocycles. The molecule has 30 heavy (non-hydrogen) atoms. The summed E-state index contributed by atoms with van der Waals surface area (Å²) in [6, 6.07) is 12.8. The number of hydrogen-bond acceptors (Lipinski definition) is 6. The second-order valence-corrected chi connectivity index (χ2v) is 8.76. The van der Waals surface area contributed by atoms with Crippen LogP contribution in [0.5, 0.6) is 0 Å². The van der Waals surface area contributed by atoms with Crippen molar-refractivity contribution < 1.29 is 4.79 Å². The summed E-state index contributed by atoms with van der Waals surface area (Å²) >= 11 is 9.09. The molecule has 0 aliphatic carbocycles. The number of rotatable bonds is 5. The summed E-state index contributed by atoms with van der Waals surface area (Å²) < 4.78 is 1.61.